The molecule has 2 aromatic rings. The summed E-state index contributed by atoms with van der Waals surface area (Å²) in [5, 5.41) is 6.04. The minimum Gasteiger partial charge on any atom is -0.337 e. The maximum atomic E-state index is 13.6. The van der Waals surface area contributed by atoms with Crippen molar-refractivity contribution in [3.05, 3.63) is 71.5 Å². The van der Waals surface area contributed by atoms with Gasteiger partial charge in [-0.05, 0) is 35.6 Å². The number of nitrogens with zero attached hydrogens (tertiary/aromatic N) is 4. The second-order valence-corrected chi connectivity index (χ2v) is 9.90. The third-order valence-corrected chi connectivity index (χ3v) is 6.75. The number of hydrazine groups is 1. The highest BCUT2D eigenvalue weighted by atomic mass is 19.1. The Labute approximate surface area is 211 Å². The van der Waals surface area contributed by atoms with E-state index in [0.29, 0.717) is 18.9 Å². The molecule has 192 valence electrons. The predicted molar refractivity (Wildman–Crippen MR) is 134 cm³/mol. The molecule has 1 N–H and O–H groups in total. The fourth-order valence-electron chi connectivity index (χ4n) is 4.82. The van der Waals surface area contributed by atoms with Gasteiger partial charge in [-0.3, -0.25) is 9.59 Å². The molecule has 0 unspecified atom stereocenters. The Kier molecular flexibility index (Phi) is 7.88. The smallest absolute Gasteiger partial charge is 0.334 e. The van der Waals surface area contributed by atoms with E-state index in [0.717, 1.165) is 17.5 Å². The van der Waals surface area contributed by atoms with Gasteiger partial charge in [0.2, 0.25) is 11.8 Å². The first kappa shape index (κ1) is 25.6. The zero-order valence-electron chi connectivity index (χ0n) is 21.1. The van der Waals surface area contributed by atoms with Crippen LogP contribution in [0, 0.1) is 11.7 Å². The molecule has 2 fully saturated rings. The fourth-order valence-corrected chi connectivity index (χ4v) is 4.82. The first-order valence-electron chi connectivity index (χ1n) is 12.4. The molecule has 0 aliphatic carbocycles. The van der Waals surface area contributed by atoms with E-state index >= 15 is 0 Å². The molecule has 2 atom stereocenters. The van der Waals surface area contributed by atoms with Crippen LogP contribution in [0.2, 0.25) is 0 Å². The van der Waals surface area contributed by atoms with Gasteiger partial charge in [0, 0.05) is 26.6 Å². The Morgan fingerprint density at radius 3 is 2.42 bits per heavy atom. The summed E-state index contributed by atoms with van der Waals surface area (Å²) in [5.74, 6) is -0.190. The summed E-state index contributed by atoms with van der Waals surface area (Å²) in [5.41, 5.74) is 1.72. The second-order valence-electron chi connectivity index (χ2n) is 9.90. The molecule has 0 radical (unpaired) electrons. The van der Waals surface area contributed by atoms with Crippen molar-refractivity contribution in [2.24, 2.45) is 5.92 Å². The molecule has 0 spiro atoms. The number of piperazine rings is 1. The van der Waals surface area contributed by atoms with Crippen LogP contribution in [0.4, 0.5) is 9.18 Å². The van der Waals surface area contributed by atoms with Crippen molar-refractivity contribution in [1.82, 2.24) is 25.1 Å². The predicted octanol–water partition coefficient (Wildman–Crippen LogP) is 2.85. The lowest BCUT2D eigenvalue weighted by Crippen LogP contribution is -2.76. The third-order valence-electron chi connectivity index (χ3n) is 6.75. The summed E-state index contributed by atoms with van der Waals surface area (Å²) < 4.78 is 13.3. The largest absolute Gasteiger partial charge is 0.337 e. The standard InChI is InChI=1S/C27H34FN5O3/c1-19(2)13-14-31-17-24-32(23(26(31)35)15-20-7-5-4-6-8-20)25(34)18-30(3)33(24)27(36)29-16-21-9-11-22(28)12-10-21/h4-12,19,23-24H,13-18H2,1-3H3,(H,29,36)/t23-,24-/m0/s1. The van der Waals surface area contributed by atoms with E-state index in [9.17, 15) is 18.8 Å². The van der Waals surface area contributed by atoms with Gasteiger partial charge in [0.1, 0.15) is 18.0 Å². The highest BCUT2D eigenvalue weighted by Gasteiger charge is 2.50. The van der Waals surface area contributed by atoms with Gasteiger partial charge in [0.05, 0.1) is 13.1 Å². The molecule has 0 saturated carbocycles. The van der Waals surface area contributed by atoms with Crippen LogP contribution in [-0.4, -0.2) is 76.6 Å². The van der Waals surface area contributed by atoms with Gasteiger partial charge in [0.15, 0.2) is 0 Å². The van der Waals surface area contributed by atoms with Crippen LogP contribution in [0.5, 0.6) is 0 Å². The zero-order valence-corrected chi connectivity index (χ0v) is 21.1. The first-order valence-corrected chi connectivity index (χ1v) is 12.4. The number of amides is 4. The van der Waals surface area contributed by atoms with Gasteiger partial charge >= 0.3 is 6.03 Å². The van der Waals surface area contributed by atoms with Crippen molar-refractivity contribution in [3.8, 4) is 0 Å². The summed E-state index contributed by atoms with van der Waals surface area (Å²) in [7, 11) is 1.70. The average molecular weight is 496 g/mol. The number of fused-ring (bicyclic) bond motifs is 1. The minimum atomic E-state index is -0.688. The van der Waals surface area contributed by atoms with Crippen molar-refractivity contribution in [1.29, 1.82) is 0 Å². The molecule has 0 bridgehead atoms. The summed E-state index contributed by atoms with van der Waals surface area (Å²) in [6, 6.07) is 14.5. The highest BCUT2D eigenvalue weighted by Crippen LogP contribution is 2.28. The number of nitrogens with one attached hydrogen (secondary N) is 1. The van der Waals surface area contributed by atoms with Gasteiger partial charge in [-0.25, -0.2) is 19.2 Å². The van der Waals surface area contributed by atoms with Crippen molar-refractivity contribution in [2.45, 2.75) is 45.4 Å². The summed E-state index contributed by atoms with van der Waals surface area (Å²) in [4.78, 5) is 43.6. The Morgan fingerprint density at radius 2 is 1.75 bits per heavy atom. The van der Waals surface area contributed by atoms with E-state index in [1.165, 1.54) is 17.1 Å². The van der Waals surface area contributed by atoms with Crippen molar-refractivity contribution in [2.75, 3.05) is 26.7 Å². The number of benzene rings is 2. The van der Waals surface area contributed by atoms with Crippen molar-refractivity contribution >= 4 is 17.8 Å². The minimum absolute atomic E-state index is 0.00890. The summed E-state index contributed by atoms with van der Waals surface area (Å²) in [6.45, 7) is 5.23. The molecular formula is C27H34FN5O3. The van der Waals surface area contributed by atoms with E-state index in [1.54, 1.807) is 34.0 Å². The second kappa shape index (κ2) is 11.1. The number of hydrogen-bond donors (Lipinski definition) is 1. The SMILES string of the molecule is CC(C)CCN1C[C@H]2N(C(=O)CN(C)N2C(=O)NCc2ccc(F)cc2)[C@@H](Cc2ccccc2)C1=O. The van der Waals surface area contributed by atoms with Crippen LogP contribution in [-0.2, 0) is 22.6 Å². The Hall–Kier alpha value is -3.46. The van der Waals surface area contributed by atoms with Gasteiger partial charge in [-0.2, -0.15) is 0 Å². The summed E-state index contributed by atoms with van der Waals surface area (Å²) >= 11 is 0. The Bertz CT molecular complexity index is 1080. The van der Waals surface area contributed by atoms with Crippen LogP contribution in [0.3, 0.4) is 0 Å². The lowest BCUT2D eigenvalue weighted by Gasteiger charge is -2.54. The molecule has 2 aromatic carbocycles. The number of hydrogen-bond acceptors (Lipinski definition) is 4. The maximum absolute atomic E-state index is 13.6. The highest BCUT2D eigenvalue weighted by molar-refractivity contribution is 5.91. The van der Waals surface area contributed by atoms with Crippen LogP contribution in [0.25, 0.3) is 0 Å². The van der Waals surface area contributed by atoms with Crippen LogP contribution in [0.1, 0.15) is 31.4 Å². The van der Waals surface area contributed by atoms with E-state index in [2.05, 4.69) is 19.2 Å². The number of likely N-dealkylation sites (N-methyl/N-ethyl adjacent to an activating group) is 1. The van der Waals surface area contributed by atoms with Gasteiger partial charge in [-0.1, -0.05) is 56.3 Å². The molecule has 2 saturated heterocycles. The molecule has 9 heteroatoms. The molecule has 4 amide bonds. The average Bonchev–Trinajstić information content (AvgIpc) is 2.84. The van der Waals surface area contributed by atoms with Gasteiger partial charge in [-0.15, -0.1) is 0 Å². The molecular weight excluding hydrogens is 461 g/mol. The van der Waals surface area contributed by atoms with E-state index in [4.69, 9.17) is 0 Å². The molecule has 0 aromatic heterocycles. The topological polar surface area (TPSA) is 76.2 Å². The van der Waals surface area contributed by atoms with Gasteiger partial charge in [0.25, 0.3) is 0 Å². The lowest BCUT2D eigenvalue weighted by molar-refractivity contribution is -0.187. The lowest BCUT2D eigenvalue weighted by atomic mass is 9.98. The van der Waals surface area contributed by atoms with E-state index in [-0.39, 0.29) is 43.3 Å². The molecule has 2 aliphatic heterocycles. The number of urea groups is 1. The van der Waals surface area contributed by atoms with E-state index < -0.39 is 12.2 Å². The van der Waals surface area contributed by atoms with Crippen molar-refractivity contribution in [3.63, 3.8) is 0 Å². The maximum Gasteiger partial charge on any atom is 0.334 e. The molecule has 2 aliphatic rings. The molecule has 36 heavy (non-hydrogen) atoms. The van der Waals surface area contributed by atoms with Crippen LogP contribution < -0.4 is 5.32 Å². The number of rotatable bonds is 7. The summed E-state index contributed by atoms with van der Waals surface area (Å²) in [6.07, 6.45) is 0.592. The zero-order chi connectivity index (χ0) is 25.8. The number of carbonyl (C=O) groups is 3. The molecule has 2 heterocycles. The number of carbonyl (C=O) groups excluding carboxylic acids is 3. The fraction of sp³-hybridized carbons (Fsp3) is 0.444. The van der Waals surface area contributed by atoms with Gasteiger partial charge < -0.3 is 15.1 Å². The Morgan fingerprint density at radius 1 is 1.06 bits per heavy atom. The quantitative estimate of drug-likeness (QED) is 0.641. The molecule has 4 rings (SSSR count). The normalized spacial score (nSPS) is 20.6. The van der Waals surface area contributed by atoms with Crippen LogP contribution in [0.15, 0.2) is 54.6 Å². The first-order chi connectivity index (χ1) is 17.2. The molecule has 8 nitrogen and oxygen atoms in total. The Balaban J connectivity index is 1.60. The third kappa shape index (κ3) is 5.67. The van der Waals surface area contributed by atoms with Crippen molar-refractivity contribution < 1.29 is 18.8 Å². The van der Waals surface area contributed by atoms with E-state index in [1.807, 2.05) is 30.3 Å². The monoisotopic (exact) mass is 495 g/mol. The number of halogens is 1. The van der Waals surface area contributed by atoms with Crippen LogP contribution >= 0.6 is 0 Å².